The molecule has 0 saturated carbocycles. The lowest BCUT2D eigenvalue weighted by molar-refractivity contribution is 0.0981. The van der Waals surface area contributed by atoms with Crippen molar-refractivity contribution < 1.29 is 18.0 Å². The summed E-state index contributed by atoms with van der Waals surface area (Å²) in [5, 5.41) is 7.31. The van der Waals surface area contributed by atoms with E-state index in [9.17, 15) is 13.2 Å². The average molecular weight is 492 g/mol. The maximum Gasteiger partial charge on any atom is 0.265 e. The molecule has 0 spiro atoms. The number of nitrogens with zero attached hydrogens (tertiary/aromatic N) is 1. The largest absolute Gasteiger partial charge is 0.385 e. The average Bonchev–Trinajstić information content (AvgIpc) is 2.75. The van der Waals surface area contributed by atoms with E-state index < -0.39 is 15.9 Å². The summed E-state index contributed by atoms with van der Waals surface area (Å²) in [4.78, 5) is 17.4. The second-order valence-corrected chi connectivity index (χ2v) is 9.01. The first-order valence-corrected chi connectivity index (χ1v) is 11.7. The van der Waals surface area contributed by atoms with Crippen LogP contribution < -0.4 is 14.9 Å². The number of halogens is 2. The van der Waals surface area contributed by atoms with Gasteiger partial charge in [-0.3, -0.25) is 4.79 Å². The van der Waals surface area contributed by atoms with Gasteiger partial charge in [-0.15, -0.1) is 0 Å². The summed E-state index contributed by atoms with van der Waals surface area (Å²) in [6.07, 6.45) is 1.55. The molecule has 3 rings (SSSR count). The van der Waals surface area contributed by atoms with Gasteiger partial charge in [-0.1, -0.05) is 40.5 Å². The van der Waals surface area contributed by atoms with E-state index in [1.165, 1.54) is 42.5 Å². The first-order chi connectivity index (χ1) is 15.3. The molecular weight excluding hydrogens is 473 g/mol. The van der Waals surface area contributed by atoms with E-state index in [4.69, 9.17) is 28.0 Å². The van der Waals surface area contributed by atoms with Crippen molar-refractivity contribution in [2.24, 2.45) is 5.16 Å². The third-order valence-corrected chi connectivity index (χ3v) is 6.23. The van der Waals surface area contributed by atoms with E-state index >= 15 is 0 Å². The number of nitrogens with one attached hydrogen (secondary N) is 2. The molecule has 0 aliphatic carbocycles. The van der Waals surface area contributed by atoms with Gasteiger partial charge in [0.1, 0.15) is 4.90 Å². The molecule has 2 N–H and O–H groups in total. The van der Waals surface area contributed by atoms with Gasteiger partial charge in [0, 0.05) is 22.8 Å². The summed E-state index contributed by atoms with van der Waals surface area (Å²) in [7, 11) is -4.17. The lowest BCUT2D eigenvalue weighted by atomic mass is 10.2. The van der Waals surface area contributed by atoms with Crippen molar-refractivity contribution in [1.29, 1.82) is 0 Å². The zero-order chi connectivity index (χ0) is 23.1. The molecule has 7 nitrogen and oxygen atoms in total. The number of oxime groups is 1. The number of carbonyl (C=O) groups excluding carboxylic acids is 1. The van der Waals surface area contributed by atoms with Crippen LogP contribution in [0.15, 0.2) is 76.8 Å². The van der Waals surface area contributed by atoms with E-state index in [-0.39, 0.29) is 20.5 Å². The summed E-state index contributed by atoms with van der Waals surface area (Å²) in [5.74, 6) is -0.433. The van der Waals surface area contributed by atoms with Crippen LogP contribution in [-0.4, -0.2) is 27.1 Å². The smallest absolute Gasteiger partial charge is 0.265 e. The molecule has 0 aromatic heterocycles. The third kappa shape index (κ3) is 6.23. The lowest BCUT2D eigenvalue weighted by Gasteiger charge is -2.09. The number of anilines is 1. The summed E-state index contributed by atoms with van der Waals surface area (Å²) >= 11 is 11.7. The summed E-state index contributed by atoms with van der Waals surface area (Å²) in [6.45, 7) is 2.86. The molecule has 0 bridgehead atoms. The third-order valence-electron chi connectivity index (χ3n) is 4.18. The molecule has 166 valence electrons. The maximum absolute atomic E-state index is 12.4. The Labute approximate surface area is 196 Å². The lowest BCUT2D eigenvalue weighted by Crippen LogP contribution is -2.30. The first-order valence-electron chi connectivity index (χ1n) is 9.45. The molecule has 0 heterocycles. The predicted octanol–water partition coefficient (Wildman–Crippen LogP) is 4.96. The van der Waals surface area contributed by atoms with Crippen LogP contribution in [-0.2, 0) is 10.0 Å². The first kappa shape index (κ1) is 23.6. The van der Waals surface area contributed by atoms with E-state index in [1.807, 2.05) is 35.9 Å². The Balaban J connectivity index is 1.61. The van der Waals surface area contributed by atoms with Gasteiger partial charge in [-0.05, 0) is 67.1 Å². The number of amides is 1. The quantitative estimate of drug-likeness (QED) is 0.343. The van der Waals surface area contributed by atoms with E-state index in [2.05, 4.69) is 10.5 Å². The van der Waals surface area contributed by atoms with Gasteiger partial charge in [0.2, 0.25) is 0 Å². The summed E-state index contributed by atoms with van der Waals surface area (Å²) in [5.41, 5.74) is 1.99. The highest BCUT2D eigenvalue weighted by Gasteiger charge is 2.21. The van der Waals surface area contributed by atoms with Crippen molar-refractivity contribution in [2.45, 2.75) is 11.8 Å². The maximum atomic E-state index is 12.4. The van der Waals surface area contributed by atoms with Gasteiger partial charge in [-0.25, -0.2) is 13.1 Å². The number of benzene rings is 3. The molecule has 1 amide bonds. The van der Waals surface area contributed by atoms with Gasteiger partial charge >= 0.3 is 0 Å². The minimum atomic E-state index is -4.17. The Hall–Kier alpha value is -3.07. The molecule has 0 aliphatic rings. The summed E-state index contributed by atoms with van der Waals surface area (Å²) < 4.78 is 26.9. The van der Waals surface area contributed by atoms with Crippen molar-refractivity contribution in [3.63, 3.8) is 0 Å². The molecule has 0 aliphatic heterocycles. The molecule has 3 aromatic rings. The Morgan fingerprint density at radius 3 is 2.34 bits per heavy atom. The topological polar surface area (TPSA) is 96.9 Å². The van der Waals surface area contributed by atoms with E-state index in [1.54, 1.807) is 6.21 Å². The fourth-order valence-electron chi connectivity index (χ4n) is 2.64. The van der Waals surface area contributed by atoms with Gasteiger partial charge in [0.25, 0.3) is 15.9 Å². The van der Waals surface area contributed by atoms with Crippen LogP contribution >= 0.6 is 23.2 Å². The van der Waals surface area contributed by atoms with Crippen LogP contribution in [0.2, 0.25) is 10.0 Å². The van der Waals surface area contributed by atoms with Crippen molar-refractivity contribution in [1.82, 2.24) is 4.72 Å². The molecule has 0 atom stereocenters. The molecule has 3 aromatic carbocycles. The number of hydrogen-bond donors (Lipinski definition) is 2. The number of sulfonamides is 1. The minimum Gasteiger partial charge on any atom is -0.385 e. The second kappa shape index (κ2) is 10.5. The number of carbonyl (C=O) groups is 1. The minimum absolute atomic E-state index is 0.0873. The monoisotopic (exact) mass is 491 g/mol. The molecular formula is C22H19Cl2N3O4S. The highest BCUT2D eigenvalue weighted by Crippen LogP contribution is 2.25. The molecule has 0 saturated heterocycles. The fourth-order valence-corrected chi connectivity index (χ4v) is 4.38. The van der Waals surface area contributed by atoms with Crippen LogP contribution in [0.5, 0.6) is 5.75 Å². The highest BCUT2D eigenvalue weighted by atomic mass is 35.5. The van der Waals surface area contributed by atoms with Crippen molar-refractivity contribution in [2.75, 3.05) is 11.9 Å². The Kier molecular flexibility index (Phi) is 7.74. The Morgan fingerprint density at radius 1 is 1.03 bits per heavy atom. The Bertz CT molecular complexity index is 1230. The predicted molar refractivity (Wildman–Crippen MR) is 126 cm³/mol. The molecule has 0 radical (unpaired) electrons. The molecule has 0 unspecified atom stereocenters. The summed E-state index contributed by atoms with van der Waals surface area (Å²) in [6, 6.07) is 17.4. The zero-order valence-corrected chi connectivity index (χ0v) is 19.2. The van der Waals surface area contributed by atoms with E-state index in [0.29, 0.717) is 5.75 Å². The number of rotatable bonds is 8. The van der Waals surface area contributed by atoms with Crippen LogP contribution in [0.1, 0.15) is 22.8 Å². The molecule has 32 heavy (non-hydrogen) atoms. The number of hydrogen-bond acceptors (Lipinski definition) is 6. The fraction of sp³-hybridized carbons (Fsp3) is 0.0909. The van der Waals surface area contributed by atoms with Crippen molar-refractivity contribution in [3.05, 3.63) is 87.9 Å². The Morgan fingerprint density at radius 2 is 1.72 bits per heavy atom. The van der Waals surface area contributed by atoms with Gasteiger partial charge in [-0.2, -0.15) is 0 Å². The normalized spacial score (nSPS) is 11.3. The highest BCUT2D eigenvalue weighted by molar-refractivity contribution is 7.90. The standard InChI is InChI=1S/C22H19Cl2N3O4S/c1-2-25-18-8-3-15(4-9-18)14-26-31-19-10-5-16(6-11-19)22(28)27-32(29,30)21-12-7-17(23)13-20(21)24/h3-14,25H,2H2,1H3,(H,27,28)/b26-14+. The van der Waals surface area contributed by atoms with Gasteiger partial charge in [0.05, 0.1) is 11.2 Å². The SMILES string of the molecule is CCNc1ccc(/C=N/Oc2ccc(C(=O)NS(=O)(=O)c3ccc(Cl)cc3Cl)cc2)cc1. The zero-order valence-electron chi connectivity index (χ0n) is 16.9. The van der Waals surface area contributed by atoms with E-state index in [0.717, 1.165) is 17.8 Å². The van der Waals surface area contributed by atoms with Gasteiger partial charge < -0.3 is 10.2 Å². The van der Waals surface area contributed by atoms with Crippen LogP contribution in [0.25, 0.3) is 0 Å². The second-order valence-electron chi connectivity index (χ2n) is 6.51. The van der Waals surface area contributed by atoms with Crippen molar-refractivity contribution >= 4 is 51.0 Å². The van der Waals surface area contributed by atoms with Crippen LogP contribution in [0.3, 0.4) is 0 Å². The van der Waals surface area contributed by atoms with Gasteiger partial charge in [0.15, 0.2) is 5.75 Å². The van der Waals surface area contributed by atoms with Crippen molar-refractivity contribution in [3.8, 4) is 5.75 Å². The van der Waals surface area contributed by atoms with Crippen LogP contribution in [0, 0.1) is 0 Å². The van der Waals surface area contributed by atoms with Crippen LogP contribution in [0.4, 0.5) is 5.69 Å². The molecule has 0 fully saturated rings. The molecule has 10 heteroatoms.